The van der Waals surface area contributed by atoms with Crippen molar-refractivity contribution in [1.29, 1.82) is 0 Å². The number of aryl methyl sites for hydroxylation is 2. The Labute approximate surface area is 126 Å². The molecule has 0 saturated carbocycles. The maximum absolute atomic E-state index is 5.33. The SMILES string of the molecule is COc1ccc2c(c1)CCCC2NCc1ncccc1C. The Balaban J connectivity index is 1.75. The minimum Gasteiger partial charge on any atom is -0.497 e. The number of fused-ring (bicyclic) bond motifs is 1. The lowest BCUT2D eigenvalue weighted by Gasteiger charge is -2.27. The number of nitrogens with one attached hydrogen (secondary N) is 1. The summed E-state index contributed by atoms with van der Waals surface area (Å²) in [5.41, 5.74) is 5.21. The molecule has 21 heavy (non-hydrogen) atoms. The molecule has 3 rings (SSSR count). The molecule has 1 aliphatic rings. The van der Waals surface area contributed by atoms with Crippen molar-refractivity contribution in [3.05, 3.63) is 58.9 Å². The maximum Gasteiger partial charge on any atom is 0.119 e. The predicted molar refractivity (Wildman–Crippen MR) is 84.5 cm³/mol. The standard InChI is InChI=1S/C18H22N2O/c1-13-5-4-10-19-18(13)12-20-17-7-3-6-14-11-15(21-2)8-9-16(14)17/h4-5,8-11,17,20H,3,6-7,12H2,1-2H3. The molecule has 3 nitrogen and oxygen atoms in total. The van der Waals surface area contributed by atoms with Gasteiger partial charge in [-0.25, -0.2) is 0 Å². The zero-order valence-corrected chi connectivity index (χ0v) is 12.7. The molecule has 0 amide bonds. The van der Waals surface area contributed by atoms with Gasteiger partial charge in [-0.2, -0.15) is 0 Å². The van der Waals surface area contributed by atoms with E-state index in [-0.39, 0.29) is 0 Å². The zero-order chi connectivity index (χ0) is 14.7. The number of hydrogen-bond donors (Lipinski definition) is 1. The summed E-state index contributed by atoms with van der Waals surface area (Å²) in [4.78, 5) is 4.46. The fraction of sp³-hybridized carbons (Fsp3) is 0.389. The second-order valence-corrected chi connectivity index (χ2v) is 5.66. The largest absolute Gasteiger partial charge is 0.497 e. The highest BCUT2D eigenvalue weighted by molar-refractivity contribution is 5.39. The number of nitrogens with zero attached hydrogens (tertiary/aromatic N) is 1. The highest BCUT2D eigenvalue weighted by Crippen LogP contribution is 2.32. The molecular formula is C18H22N2O. The first kappa shape index (κ1) is 14.1. The van der Waals surface area contributed by atoms with Crippen LogP contribution in [0.15, 0.2) is 36.5 Å². The van der Waals surface area contributed by atoms with E-state index >= 15 is 0 Å². The van der Waals surface area contributed by atoms with Gasteiger partial charge in [-0.05, 0) is 61.1 Å². The Hall–Kier alpha value is -1.87. The van der Waals surface area contributed by atoms with E-state index in [9.17, 15) is 0 Å². The first-order valence-electron chi connectivity index (χ1n) is 7.58. The quantitative estimate of drug-likeness (QED) is 0.931. The minimum atomic E-state index is 0.418. The molecule has 1 heterocycles. The highest BCUT2D eigenvalue weighted by Gasteiger charge is 2.20. The van der Waals surface area contributed by atoms with Crippen LogP contribution in [0.5, 0.6) is 5.75 Å². The molecular weight excluding hydrogens is 260 g/mol. The van der Waals surface area contributed by atoms with Crippen molar-refractivity contribution >= 4 is 0 Å². The summed E-state index contributed by atoms with van der Waals surface area (Å²) >= 11 is 0. The number of aromatic nitrogens is 1. The molecule has 1 aromatic carbocycles. The van der Waals surface area contributed by atoms with E-state index in [2.05, 4.69) is 41.5 Å². The smallest absolute Gasteiger partial charge is 0.119 e. The average Bonchev–Trinajstić information content (AvgIpc) is 2.53. The summed E-state index contributed by atoms with van der Waals surface area (Å²) in [6.07, 6.45) is 5.42. The van der Waals surface area contributed by atoms with Gasteiger partial charge in [0.15, 0.2) is 0 Å². The summed E-state index contributed by atoms with van der Waals surface area (Å²) in [5.74, 6) is 0.954. The Kier molecular flexibility index (Phi) is 4.20. The van der Waals surface area contributed by atoms with Crippen LogP contribution in [0.25, 0.3) is 0 Å². The van der Waals surface area contributed by atoms with Crippen LogP contribution in [0.3, 0.4) is 0 Å². The summed E-state index contributed by atoms with van der Waals surface area (Å²) in [6, 6.07) is 11.0. The number of ether oxygens (including phenoxy) is 1. The molecule has 0 bridgehead atoms. The molecule has 0 spiro atoms. The molecule has 0 saturated heterocycles. The molecule has 1 unspecified atom stereocenters. The van der Waals surface area contributed by atoms with Crippen LogP contribution in [0, 0.1) is 6.92 Å². The predicted octanol–water partition coefficient (Wildman–Crippen LogP) is 3.57. The van der Waals surface area contributed by atoms with Crippen LogP contribution in [0.2, 0.25) is 0 Å². The lowest BCUT2D eigenvalue weighted by atomic mass is 9.87. The van der Waals surface area contributed by atoms with Crippen molar-refractivity contribution < 1.29 is 4.74 Å². The second kappa shape index (κ2) is 6.27. The van der Waals surface area contributed by atoms with Gasteiger partial charge in [0.2, 0.25) is 0 Å². The van der Waals surface area contributed by atoms with Crippen LogP contribution in [0.4, 0.5) is 0 Å². The summed E-state index contributed by atoms with van der Waals surface area (Å²) in [6.45, 7) is 2.94. The third-order valence-electron chi connectivity index (χ3n) is 4.30. The monoisotopic (exact) mass is 282 g/mol. The van der Waals surface area contributed by atoms with Gasteiger partial charge in [0.1, 0.15) is 5.75 Å². The molecule has 1 atom stereocenters. The Morgan fingerprint density at radius 3 is 3.05 bits per heavy atom. The van der Waals surface area contributed by atoms with Crippen molar-refractivity contribution in [2.75, 3.05) is 7.11 Å². The van der Waals surface area contributed by atoms with E-state index in [1.807, 2.05) is 12.3 Å². The van der Waals surface area contributed by atoms with E-state index in [0.717, 1.165) is 24.4 Å². The lowest BCUT2D eigenvalue weighted by molar-refractivity contribution is 0.410. The first-order valence-corrected chi connectivity index (χ1v) is 7.58. The molecule has 1 aromatic heterocycles. The zero-order valence-electron chi connectivity index (χ0n) is 12.7. The number of rotatable bonds is 4. The average molecular weight is 282 g/mol. The summed E-state index contributed by atoms with van der Waals surface area (Å²) in [7, 11) is 1.73. The van der Waals surface area contributed by atoms with E-state index in [0.29, 0.717) is 6.04 Å². The summed E-state index contributed by atoms with van der Waals surface area (Å²) in [5, 5.41) is 3.67. The minimum absolute atomic E-state index is 0.418. The van der Waals surface area contributed by atoms with Gasteiger partial charge in [-0.3, -0.25) is 4.98 Å². The normalized spacial score (nSPS) is 17.3. The van der Waals surface area contributed by atoms with E-state index in [1.54, 1.807) is 7.11 Å². The van der Waals surface area contributed by atoms with Gasteiger partial charge >= 0.3 is 0 Å². The molecule has 110 valence electrons. The highest BCUT2D eigenvalue weighted by atomic mass is 16.5. The second-order valence-electron chi connectivity index (χ2n) is 5.66. The third kappa shape index (κ3) is 3.08. The van der Waals surface area contributed by atoms with Crippen molar-refractivity contribution in [2.24, 2.45) is 0 Å². The maximum atomic E-state index is 5.33. The fourth-order valence-electron chi connectivity index (χ4n) is 3.05. The molecule has 3 heteroatoms. The van der Waals surface area contributed by atoms with Crippen molar-refractivity contribution in [3.63, 3.8) is 0 Å². The van der Waals surface area contributed by atoms with Gasteiger partial charge in [0.25, 0.3) is 0 Å². The van der Waals surface area contributed by atoms with E-state index in [4.69, 9.17) is 4.74 Å². The molecule has 1 N–H and O–H groups in total. The lowest BCUT2D eigenvalue weighted by Crippen LogP contribution is -2.25. The van der Waals surface area contributed by atoms with Gasteiger partial charge in [-0.1, -0.05) is 12.1 Å². The first-order chi connectivity index (χ1) is 10.3. The van der Waals surface area contributed by atoms with Crippen molar-refractivity contribution in [1.82, 2.24) is 10.3 Å². The molecule has 2 aromatic rings. The van der Waals surface area contributed by atoms with Crippen molar-refractivity contribution in [2.45, 2.75) is 38.8 Å². The van der Waals surface area contributed by atoms with E-state index in [1.165, 1.54) is 29.5 Å². The van der Waals surface area contributed by atoms with Gasteiger partial charge in [0.05, 0.1) is 12.8 Å². The molecule has 0 aliphatic heterocycles. The van der Waals surface area contributed by atoms with Crippen LogP contribution < -0.4 is 10.1 Å². The number of hydrogen-bond acceptors (Lipinski definition) is 3. The van der Waals surface area contributed by atoms with Crippen LogP contribution in [-0.2, 0) is 13.0 Å². The van der Waals surface area contributed by atoms with Gasteiger partial charge in [0, 0.05) is 18.8 Å². The van der Waals surface area contributed by atoms with E-state index < -0.39 is 0 Å². The van der Waals surface area contributed by atoms with Crippen LogP contribution in [0.1, 0.15) is 41.3 Å². The Morgan fingerprint density at radius 1 is 1.33 bits per heavy atom. The summed E-state index contributed by atoms with van der Waals surface area (Å²) < 4.78 is 5.33. The van der Waals surface area contributed by atoms with Crippen molar-refractivity contribution in [3.8, 4) is 5.75 Å². The number of pyridine rings is 1. The Morgan fingerprint density at radius 2 is 2.24 bits per heavy atom. The topological polar surface area (TPSA) is 34.1 Å². The van der Waals surface area contributed by atoms with Gasteiger partial charge < -0.3 is 10.1 Å². The molecule has 0 radical (unpaired) electrons. The Bertz CT molecular complexity index is 624. The van der Waals surface area contributed by atoms with Gasteiger partial charge in [-0.15, -0.1) is 0 Å². The number of methoxy groups -OCH3 is 1. The van der Waals surface area contributed by atoms with Crippen LogP contribution >= 0.6 is 0 Å². The van der Waals surface area contributed by atoms with Crippen LogP contribution in [-0.4, -0.2) is 12.1 Å². The third-order valence-corrected chi connectivity index (χ3v) is 4.30. The number of benzene rings is 1. The molecule has 1 aliphatic carbocycles. The fourth-order valence-corrected chi connectivity index (χ4v) is 3.05. The molecule has 0 fully saturated rings.